The molecule has 0 bridgehead atoms. The summed E-state index contributed by atoms with van der Waals surface area (Å²) in [4.78, 5) is 14.3. The fraction of sp³-hybridized carbons (Fsp3) is 0.700. The zero-order valence-corrected chi connectivity index (χ0v) is 8.55. The summed E-state index contributed by atoms with van der Waals surface area (Å²) in [5, 5.41) is 3.35. The minimum absolute atomic E-state index is 0.0365. The third kappa shape index (κ3) is 1.75. The lowest BCUT2D eigenvalue weighted by Gasteiger charge is -2.16. The summed E-state index contributed by atoms with van der Waals surface area (Å²) >= 11 is 0. The van der Waals surface area contributed by atoms with E-state index in [1.807, 2.05) is 11.5 Å². The second-order valence-electron chi connectivity index (χ2n) is 3.94. The number of imidazole rings is 1. The molecule has 0 aliphatic carbocycles. The second kappa shape index (κ2) is 4.00. The molecule has 4 heteroatoms. The van der Waals surface area contributed by atoms with Crippen LogP contribution in [0.3, 0.4) is 0 Å². The molecule has 78 valence electrons. The van der Waals surface area contributed by atoms with E-state index in [-0.39, 0.29) is 5.69 Å². The van der Waals surface area contributed by atoms with Crippen LogP contribution in [0.5, 0.6) is 0 Å². The van der Waals surface area contributed by atoms with Gasteiger partial charge in [-0.1, -0.05) is 0 Å². The molecular weight excluding hydrogens is 178 g/mol. The van der Waals surface area contributed by atoms with Gasteiger partial charge in [-0.2, -0.15) is 0 Å². The highest BCUT2D eigenvalue weighted by Crippen LogP contribution is 2.19. The molecule has 0 amide bonds. The lowest BCUT2D eigenvalue weighted by molar-refractivity contribution is 0.436. The van der Waals surface area contributed by atoms with Gasteiger partial charge in [0.15, 0.2) is 0 Å². The van der Waals surface area contributed by atoms with Crippen molar-refractivity contribution >= 4 is 0 Å². The van der Waals surface area contributed by atoms with Crippen LogP contribution in [0, 0.1) is 6.92 Å². The number of rotatable bonds is 1. The van der Waals surface area contributed by atoms with E-state index in [0.717, 1.165) is 38.0 Å². The maximum absolute atomic E-state index is 11.5. The molecule has 1 aromatic heterocycles. The van der Waals surface area contributed by atoms with Crippen LogP contribution in [0.4, 0.5) is 0 Å². The highest BCUT2D eigenvalue weighted by molar-refractivity contribution is 4.97. The fourth-order valence-electron chi connectivity index (χ4n) is 2.18. The van der Waals surface area contributed by atoms with Crippen molar-refractivity contribution in [3.05, 3.63) is 22.4 Å². The highest BCUT2D eigenvalue weighted by Gasteiger charge is 2.16. The molecule has 0 aromatic carbocycles. The normalized spacial score (nSPS) is 23.4. The minimum Gasteiger partial charge on any atom is -0.317 e. The predicted octanol–water partition coefficient (Wildman–Crippen LogP) is 0.799. The van der Waals surface area contributed by atoms with E-state index in [4.69, 9.17) is 0 Å². The van der Waals surface area contributed by atoms with Gasteiger partial charge in [-0.25, -0.2) is 4.79 Å². The summed E-state index contributed by atoms with van der Waals surface area (Å²) in [5.74, 6) is 0. The predicted molar refractivity (Wildman–Crippen MR) is 55.5 cm³/mol. The van der Waals surface area contributed by atoms with Crippen molar-refractivity contribution < 1.29 is 0 Å². The average Bonchev–Trinajstić information content (AvgIpc) is 2.45. The number of hydrogen-bond acceptors (Lipinski definition) is 2. The monoisotopic (exact) mass is 195 g/mol. The van der Waals surface area contributed by atoms with Crippen LogP contribution >= 0.6 is 0 Å². The lowest BCUT2D eigenvalue weighted by atomic mass is 10.1. The van der Waals surface area contributed by atoms with E-state index >= 15 is 0 Å². The molecule has 0 radical (unpaired) electrons. The molecule has 2 N–H and O–H groups in total. The summed E-state index contributed by atoms with van der Waals surface area (Å²) in [6, 6.07) is 0.378. The Morgan fingerprint density at radius 1 is 1.43 bits per heavy atom. The number of aryl methyl sites for hydroxylation is 1. The van der Waals surface area contributed by atoms with Gasteiger partial charge < -0.3 is 10.3 Å². The van der Waals surface area contributed by atoms with Crippen molar-refractivity contribution in [2.24, 2.45) is 0 Å². The first-order valence-corrected chi connectivity index (χ1v) is 5.26. The van der Waals surface area contributed by atoms with Crippen molar-refractivity contribution in [1.82, 2.24) is 14.9 Å². The number of aromatic amines is 1. The first-order valence-electron chi connectivity index (χ1n) is 5.26. The smallest absolute Gasteiger partial charge is 0.317 e. The Hall–Kier alpha value is -1.03. The Balaban J connectivity index is 2.24. The topological polar surface area (TPSA) is 49.8 Å². The van der Waals surface area contributed by atoms with Crippen LogP contribution < -0.4 is 11.0 Å². The van der Waals surface area contributed by atoms with E-state index in [2.05, 4.69) is 10.3 Å². The third-order valence-electron chi connectivity index (χ3n) is 2.91. The molecule has 1 saturated heterocycles. The Morgan fingerprint density at radius 3 is 3.00 bits per heavy atom. The van der Waals surface area contributed by atoms with Crippen molar-refractivity contribution in [2.45, 2.75) is 32.2 Å². The summed E-state index contributed by atoms with van der Waals surface area (Å²) in [5.41, 5.74) is 1.08. The first-order chi connectivity index (χ1) is 6.79. The Kier molecular flexibility index (Phi) is 2.72. The molecule has 2 rings (SSSR count). The van der Waals surface area contributed by atoms with Crippen LogP contribution in [0.2, 0.25) is 0 Å². The van der Waals surface area contributed by atoms with Crippen molar-refractivity contribution in [2.75, 3.05) is 13.1 Å². The molecule has 1 unspecified atom stereocenters. The molecule has 1 aromatic rings. The van der Waals surface area contributed by atoms with E-state index in [0.29, 0.717) is 6.04 Å². The molecule has 0 saturated carbocycles. The SMILES string of the molecule is Cc1c[nH]c(=O)n1C1CCCNCC1. The van der Waals surface area contributed by atoms with Gasteiger partial charge in [0.2, 0.25) is 0 Å². The van der Waals surface area contributed by atoms with E-state index < -0.39 is 0 Å². The van der Waals surface area contributed by atoms with Crippen LogP contribution in [0.25, 0.3) is 0 Å². The number of nitrogens with zero attached hydrogens (tertiary/aromatic N) is 1. The zero-order chi connectivity index (χ0) is 9.97. The quantitative estimate of drug-likeness (QED) is 0.696. The molecule has 4 nitrogen and oxygen atoms in total. The van der Waals surface area contributed by atoms with E-state index in [1.54, 1.807) is 6.20 Å². The molecule has 1 atom stereocenters. The maximum atomic E-state index is 11.5. The van der Waals surface area contributed by atoms with Crippen LogP contribution in [0.1, 0.15) is 31.0 Å². The summed E-state index contributed by atoms with van der Waals surface area (Å²) < 4.78 is 1.90. The Bertz CT molecular complexity index is 344. The molecule has 1 aliphatic rings. The number of H-pyrrole nitrogens is 1. The van der Waals surface area contributed by atoms with Crippen LogP contribution in [0.15, 0.2) is 11.0 Å². The van der Waals surface area contributed by atoms with Crippen LogP contribution in [-0.4, -0.2) is 22.6 Å². The highest BCUT2D eigenvalue weighted by atomic mass is 16.1. The zero-order valence-electron chi connectivity index (χ0n) is 8.55. The van der Waals surface area contributed by atoms with Gasteiger partial charge in [0.05, 0.1) is 0 Å². The second-order valence-corrected chi connectivity index (χ2v) is 3.94. The first kappa shape index (κ1) is 9.52. The van der Waals surface area contributed by atoms with Gasteiger partial charge in [-0.3, -0.25) is 4.57 Å². The number of hydrogen-bond donors (Lipinski definition) is 2. The number of nitrogens with one attached hydrogen (secondary N) is 2. The molecule has 0 spiro atoms. The Morgan fingerprint density at radius 2 is 2.29 bits per heavy atom. The summed E-state index contributed by atoms with van der Waals surface area (Å²) in [6.45, 7) is 4.08. The van der Waals surface area contributed by atoms with E-state index in [9.17, 15) is 4.79 Å². The van der Waals surface area contributed by atoms with Crippen molar-refractivity contribution in [3.8, 4) is 0 Å². The van der Waals surface area contributed by atoms with Gasteiger partial charge in [0, 0.05) is 17.9 Å². The molecule has 1 aliphatic heterocycles. The fourth-order valence-corrected chi connectivity index (χ4v) is 2.18. The average molecular weight is 195 g/mol. The van der Waals surface area contributed by atoms with Gasteiger partial charge in [0.1, 0.15) is 0 Å². The molecule has 1 fully saturated rings. The van der Waals surface area contributed by atoms with Gasteiger partial charge in [0.25, 0.3) is 0 Å². The van der Waals surface area contributed by atoms with Crippen molar-refractivity contribution in [1.29, 1.82) is 0 Å². The summed E-state index contributed by atoms with van der Waals surface area (Å²) in [6.07, 6.45) is 5.10. The van der Waals surface area contributed by atoms with Crippen molar-refractivity contribution in [3.63, 3.8) is 0 Å². The number of aromatic nitrogens is 2. The maximum Gasteiger partial charge on any atom is 0.325 e. The van der Waals surface area contributed by atoms with Gasteiger partial charge in [-0.15, -0.1) is 0 Å². The molecule has 2 heterocycles. The Labute approximate surface area is 83.3 Å². The van der Waals surface area contributed by atoms with Gasteiger partial charge in [-0.05, 0) is 39.3 Å². The van der Waals surface area contributed by atoms with Gasteiger partial charge >= 0.3 is 5.69 Å². The minimum atomic E-state index is 0.0365. The molecular formula is C10H17N3O. The summed E-state index contributed by atoms with van der Waals surface area (Å²) in [7, 11) is 0. The third-order valence-corrected chi connectivity index (χ3v) is 2.91. The largest absolute Gasteiger partial charge is 0.325 e. The molecule has 14 heavy (non-hydrogen) atoms. The lowest BCUT2D eigenvalue weighted by Crippen LogP contribution is -2.24. The van der Waals surface area contributed by atoms with Crippen LogP contribution in [-0.2, 0) is 0 Å². The standard InChI is InChI=1S/C10H17N3O/c1-8-7-12-10(14)13(8)9-3-2-5-11-6-4-9/h7,9,11H,2-6H2,1H3,(H,12,14). The van der Waals surface area contributed by atoms with E-state index in [1.165, 1.54) is 0 Å².